The quantitative estimate of drug-likeness (QED) is 0.638. The van der Waals surface area contributed by atoms with E-state index in [0.29, 0.717) is 0 Å². The molecule has 0 atom stereocenters. The minimum absolute atomic E-state index is 0.137. The van der Waals surface area contributed by atoms with E-state index in [1.807, 2.05) is 30.3 Å². The highest BCUT2D eigenvalue weighted by Crippen LogP contribution is 2.06. The lowest BCUT2D eigenvalue weighted by molar-refractivity contribution is -0.384. The first-order valence-corrected chi connectivity index (χ1v) is 6.78. The Morgan fingerprint density at radius 1 is 1.00 bits per heavy atom. The summed E-state index contributed by atoms with van der Waals surface area (Å²) in [5, 5.41) is 10.0. The van der Waals surface area contributed by atoms with Crippen molar-refractivity contribution in [3.05, 3.63) is 76.3 Å². The maximum atomic E-state index is 10.0. The number of non-ortho nitro benzene ring substituents is 1. The smallest absolute Gasteiger partial charge is 0.258 e. The number of hydrogen-bond acceptors (Lipinski definition) is 6. The molecule has 0 spiro atoms. The number of para-hydroxylation sites is 1. The topological polar surface area (TPSA) is 98.9 Å². The first-order chi connectivity index (χ1) is 10.1. The van der Waals surface area contributed by atoms with Crippen LogP contribution in [0.2, 0.25) is 0 Å². The summed E-state index contributed by atoms with van der Waals surface area (Å²) in [6.45, 7) is 0.175. The van der Waals surface area contributed by atoms with Crippen molar-refractivity contribution < 1.29 is 18.2 Å². The highest BCUT2D eigenvalue weighted by Gasteiger charge is 1.98. The molecule has 21 heavy (non-hydrogen) atoms. The summed E-state index contributed by atoms with van der Waals surface area (Å²) in [5.74, 6) is 0. The van der Waals surface area contributed by atoms with Gasteiger partial charge >= 0.3 is 10.5 Å². The number of nitrogens with zero attached hydrogens (tertiary/aromatic N) is 2. The van der Waals surface area contributed by atoms with Crippen LogP contribution in [0.1, 0.15) is 5.56 Å². The molecule has 0 amide bonds. The van der Waals surface area contributed by atoms with Crippen molar-refractivity contribution in [1.82, 2.24) is 0 Å². The molecule has 8 heteroatoms. The van der Waals surface area contributed by atoms with Crippen LogP contribution in [0.15, 0.2) is 65.2 Å². The fraction of sp³-hybridized carbons (Fsp3) is 0.0769. The van der Waals surface area contributed by atoms with Gasteiger partial charge in [-0.3, -0.25) is 10.1 Å². The second kappa shape index (κ2) is 9.34. The summed E-state index contributed by atoms with van der Waals surface area (Å²) in [6, 6.07) is 17.1. The molecule has 0 radical (unpaired) electrons. The standard InChI is InChI=1S/C7H7NO3S.C6H5NO2/c9-12(10)8-11-6-7-4-2-1-3-5-7;8-7(9)6-4-2-1-3-5-6/h1-5H,6H2;1-5H. The van der Waals surface area contributed by atoms with E-state index in [0.717, 1.165) is 5.56 Å². The molecule has 0 aliphatic heterocycles. The third kappa shape index (κ3) is 7.55. The van der Waals surface area contributed by atoms with E-state index in [-0.39, 0.29) is 12.3 Å². The van der Waals surface area contributed by atoms with Crippen LogP contribution in [0.3, 0.4) is 0 Å². The van der Waals surface area contributed by atoms with Crippen LogP contribution < -0.4 is 0 Å². The number of hydrogen-bond donors (Lipinski definition) is 0. The molecule has 0 unspecified atom stereocenters. The summed E-state index contributed by atoms with van der Waals surface area (Å²) in [5.41, 5.74) is 1.02. The SMILES string of the molecule is O=S(=O)=NOCc1ccccc1.O=[N+]([O-])c1ccccc1. The molecule has 0 saturated carbocycles. The molecule has 2 aromatic rings. The molecule has 2 aromatic carbocycles. The maximum Gasteiger partial charge on any atom is 0.338 e. The Hall–Kier alpha value is -2.58. The van der Waals surface area contributed by atoms with Gasteiger partial charge in [-0.25, -0.2) is 4.84 Å². The Morgan fingerprint density at radius 2 is 1.52 bits per heavy atom. The van der Waals surface area contributed by atoms with Gasteiger partial charge in [-0.2, -0.15) is 8.42 Å². The predicted molar refractivity (Wildman–Crippen MR) is 75.7 cm³/mol. The summed E-state index contributed by atoms with van der Waals surface area (Å²) in [4.78, 5) is 14.1. The van der Waals surface area contributed by atoms with Crippen LogP contribution >= 0.6 is 0 Å². The van der Waals surface area contributed by atoms with E-state index in [1.54, 1.807) is 18.2 Å². The molecular weight excluding hydrogens is 296 g/mol. The third-order valence-electron chi connectivity index (χ3n) is 2.15. The molecular formula is C13H12N2O5S. The lowest BCUT2D eigenvalue weighted by Crippen LogP contribution is -1.84. The highest BCUT2D eigenvalue weighted by molar-refractivity contribution is 7.61. The molecule has 0 fully saturated rings. The Morgan fingerprint density at radius 3 is 1.95 bits per heavy atom. The fourth-order valence-corrected chi connectivity index (χ4v) is 1.41. The largest absolute Gasteiger partial charge is 0.338 e. The van der Waals surface area contributed by atoms with Crippen molar-refractivity contribution in [3.63, 3.8) is 0 Å². The van der Waals surface area contributed by atoms with Crippen molar-refractivity contribution in [2.75, 3.05) is 0 Å². The van der Waals surface area contributed by atoms with Gasteiger partial charge < -0.3 is 0 Å². The first-order valence-electron chi connectivity index (χ1n) is 5.75. The second-order valence-electron chi connectivity index (χ2n) is 3.64. The second-order valence-corrected chi connectivity index (χ2v) is 4.23. The predicted octanol–water partition coefficient (Wildman–Crippen LogP) is 2.78. The molecule has 0 N–H and O–H groups in total. The van der Waals surface area contributed by atoms with E-state index in [4.69, 9.17) is 0 Å². The molecule has 0 aliphatic rings. The molecule has 0 saturated heterocycles. The Labute approximate surface area is 122 Å². The third-order valence-corrected chi connectivity index (χ3v) is 2.38. The van der Waals surface area contributed by atoms with Crippen LogP contribution in [0, 0.1) is 10.1 Å². The Kier molecular flexibility index (Phi) is 7.33. The van der Waals surface area contributed by atoms with Gasteiger partial charge in [-0.05, 0) is 10.1 Å². The summed E-state index contributed by atoms with van der Waals surface area (Å²) < 4.78 is 22.6. The molecule has 0 heterocycles. The summed E-state index contributed by atoms with van der Waals surface area (Å²) in [6.07, 6.45) is 0. The van der Waals surface area contributed by atoms with Crippen LogP contribution in [0.25, 0.3) is 0 Å². The molecule has 7 nitrogen and oxygen atoms in total. The highest BCUT2D eigenvalue weighted by atomic mass is 32.2. The molecule has 0 bridgehead atoms. The van der Waals surface area contributed by atoms with Gasteiger partial charge in [-0.15, -0.1) is 0 Å². The average Bonchev–Trinajstić information content (AvgIpc) is 2.49. The minimum Gasteiger partial charge on any atom is -0.258 e. The van der Waals surface area contributed by atoms with Crippen molar-refractivity contribution >= 4 is 16.2 Å². The normalized spacial score (nSPS) is 9.14. The van der Waals surface area contributed by atoms with Crippen molar-refractivity contribution in [3.8, 4) is 0 Å². The molecule has 0 aromatic heterocycles. The van der Waals surface area contributed by atoms with Gasteiger partial charge in [0.15, 0.2) is 0 Å². The van der Waals surface area contributed by atoms with E-state index < -0.39 is 15.4 Å². The molecule has 110 valence electrons. The first kappa shape index (κ1) is 16.5. The maximum absolute atomic E-state index is 10.0. The Balaban J connectivity index is 0.000000219. The number of nitro benzene ring substituents is 1. The van der Waals surface area contributed by atoms with Crippen LogP contribution in [0.4, 0.5) is 5.69 Å². The number of benzene rings is 2. The van der Waals surface area contributed by atoms with Crippen LogP contribution in [-0.4, -0.2) is 13.3 Å². The summed E-state index contributed by atoms with van der Waals surface area (Å²) >= 11 is 0. The zero-order chi connectivity index (χ0) is 15.5. The van der Waals surface area contributed by atoms with Gasteiger partial charge in [0.05, 0.1) is 4.92 Å². The van der Waals surface area contributed by atoms with Crippen molar-refractivity contribution in [2.24, 2.45) is 4.53 Å². The van der Waals surface area contributed by atoms with Crippen LogP contribution in [0.5, 0.6) is 0 Å². The van der Waals surface area contributed by atoms with Crippen LogP contribution in [-0.2, 0) is 21.9 Å². The van der Waals surface area contributed by atoms with Gasteiger partial charge in [0, 0.05) is 12.1 Å². The molecule has 0 aliphatic carbocycles. The van der Waals surface area contributed by atoms with Gasteiger partial charge in [0.25, 0.3) is 5.69 Å². The zero-order valence-corrected chi connectivity index (χ0v) is 11.6. The number of rotatable bonds is 4. The average molecular weight is 308 g/mol. The van der Waals surface area contributed by atoms with Gasteiger partial charge in [0.2, 0.25) is 0 Å². The van der Waals surface area contributed by atoms with Crippen molar-refractivity contribution in [2.45, 2.75) is 6.61 Å². The minimum atomic E-state index is -2.49. The number of nitro groups is 1. The van der Waals surface area contributed by atoms with E-state index in [9.17, 15) is 18.5 Å². The monoisotopic (exact) mass is 308 g/mol. The lowest BCUT2D eigenvalue weighted by atomic mass is 10.2. The van der Waals surface area contributed by atoms with E-state index in [2.05, 4.69) is 9.36 Å². The molecule has 2 rings (SSSR count). The van der Waals surface area contributed by atoms with E-state index in [1.165, 1.54) is 12.1 Å². The Bertz CT molecular complexity index is 679. The van der Waals surface area contributed by atoms with Crippen molar-refractivity contribution in [1.29, 1.82) is 0 Å². The lowest BCUT2D eigenvalue weighted by Gasteiger charge is -1.93. The fourth-order valence-electron chi connectivity index (χ4n) is 1.27. The van der Waals surface area contributed by atoms with Gasteiger partial charge in [0.1, 0.15) is 6.61 Å². The summed E-state index contributed by atoms with van der Waals surface area (Å²) in [7, 11) is -2.49. The van der Waals surface area contributed by atoms with Gasteiger partial charge in [-0.1, -0.05) is 48.5 Å². The van der Waals surface area contributed by atoms with E-state index >= 15 is 0 Å². The zero-order valence-electron chi connectivity index (χ0n) is 10.8.